The zero-order valence-corrected chi connectivity index (χ0v) is 13.5. The van der Waals surface area contributed by atoms with Gasteiger partial charge in [0, 0.05) is 17.0 Å². The van der Waals surface area contributed by atoms with E-state index in [1.165, 1.54) is 16.5 Å². The fourth-order valence-corrected chi connectivity index (χ4v) is 3.43. The lowest BCUT2D eigenvalue weighted by atomic mass is 9.97. The quantitative estimate of drug-likeness (QED) is 0.552. The van der Waals surface area contributed by atoms with Crippen molar-refractivity contribution in [2.24, 2.45) is 0 Å². The van der Waals surface area contributed by atoms with Crippen LogP contribution in [0.5, 0.6) is 11.5 Å². The van der Waals surface area contributed by atoms with Crippen LogP contribution in [0.2, 0.25) is 0 Å². The van der Waals surface area contributed by atoms with Crippen molar-refractivity contribution in [2.75, 3.05) is 6.79 Å². The van der Waals surface area contributed by atoms with Gasteiger partial charge in [-0.2, -0.15) is 0 Å². The number of aryl methyl sites for hydroxylation is 2. The van der Waals surface area contributed by atoms with E-state index >= 15 is 0 Å². The lowest BCUT2D eigenvalue weighted by molar-refractivity contribution is 0.174. The van der Waals surface area contributed by atoms with Crippen molar-refractivity contribution >= 4 is 21.9 Å². The maximum Gasteiger partial charge on any atom is 0.231 e. The monoisotopic (exact) mass is 316 g/mol. The minimum absolute atomic E-state index is 0.290. The summed E-state index contributed by atoms with van der Waals surface area (Å²) in [4.78, 5) is 8.02. The number of benzene rings is 2. The highest BCUT2D eigenvalue weighted by Crippen LogP contribution is 2.40. The van der Waals surface area contributed by atoms with Crippen LogP contribution >= 0.6 is 0 Å². The summed E-state index contributed by atoms with van der Waals surface area (Å²) in [6, 6.07) is 12.6. The first-order valence-corrected chi connectivity index (χ1v) is 7.98. The third-order valence-corrected chi connectivity index (χ3v) is 4.63. The molecule has 0 amide bonds. The molecule has 0 saturated heterocycles. The largest absolute Gasteiger partial charge is 0.454 e. The molecular formula is C20H16N2O2. The standard InChI is InChI=1S/C20H16N2O2/c1-11-7-15-18-14(13-4-6-16-17(8-13)24-10-23-16)5-3-12(2)19(18)22-20(15)21-9-11/h3-9H,10H2,1-2H3,(H,21,22). The summed E-state index contributed by atoms with van der Waals surface area (Å²) in [6.45, 7) is 4.48. The molecule has 24 heavy (non-hydrogen) atoms. The molecule has 4 heteroatoms. The lowest BCUT2D eigenvalue weighted by Crippen LogP contribution is -1.92. The molecule has 0 radical (unpaired) electrons. The minimum atomic E-state index is 0.290. The number of hydrogen-bond acceptors (Lipinski definition) is 3. The number of H-pyrrole nitrogens is 1. The Morgan fingerprint density at radius 2 is 1.88 bits per heavy atom. The Balaban J connectivity index is 1.87. The zero-order chi connectivity index (χ0) is 16.3. The van der Waals surface area contributed by atoms with Crippen LogP contribution in [0.15, 0.2) is 42.6 Å². The van der Waals surface area contributed by atoms with Crippen molar-refractivity contribution in [1.82, 2.24) is 9.97 Å². The molecule has 0 spiro atoms. The molecule has 2 aromatic heterocycles. The summed E-state index contributed by atoms with van der Waals surface area (Å²) in [6.07, 6.45) is 1.90. The van der Waals surface area contributed by atoms with Crippen LogP contribution in [0.3, 0.4) is 0 Å². The van der Waals surface area contributed by atoms with Gasteiger partial charge in [0.1, 0.15) is 5.65 Å². The first-order valence-electron chi connectivity index (χ1n) is 7.98. The second-order valence-electron chi connectivity index (χ2n) is 6.28. The highest BCUT2D eigenvalue weighted by atomic mass is 16.7. The highest BCUT2D eigenvalue weighted by molar-refractivity contribution is 6.14. The molecule has 0 bridgehead atoms. The molecule has 118 valence electrons. The molecular weight excluding hydrogens is 300 g/mol. The number of fused-ring (bicyclic) bond motifs is 4. The normalized spacial score (nSPS) is 13.1. The van der Waals surface area contributed by atoms with Gasteiger partial charge < -0.3 is 14.5 Å². The minimum Gasteiger partial charge on any atom is -0.454 e. The molecule has 2 aromatic carbocycles. The zero-order valence-electron chi connectivity index (χ0n) is 13.5. The molecule has 4 aromatic rings. The maximum atomic E-state index is 5.54. The van der Waals surface area contributed by atoms with Gasteiger partial charge in [-0.3, -0.25) is 0 Å². The fourth-order valence-electron chi connectivity index (χ4n) is 3.43. The van der Waals surface area contributed by atoms with Crippen LogP contribution in [0.1, 0.15) is 11.1 Å². The Labute approximate surface area is 139 Å². The van der Waals surface area contributed by atoms with Gasteiger partial charge >= 0.3 is 0 Å². The smallest absolute Gasteiger partial charge is 0.231 e. The molecule has 3 heterocycles. The van der Waals surface area contributed by atoms with E-state index in [2.05, 4.69) is 54.1 Å². The average molecular weight is 316 g/mol. The Morgan fingerprint density at radius 3 is 2.79 bits per heavy atom. The number of rotatable bonds is 1. The Hall–Kier alpha value is -3.01. The van der Waals surface area contributed by atoms with Gasteiger partial charge in [-0.1, -0.05) is 18.2 Å². The molecule has 0 unspecified atom stereocenters. The van der Waals surface area contributed by atoms with Crippen molar-refractivity contribution < 1.29 is 9.47 Å². The Bertz CT molecular complexity index is 1110. The molecule has 1 N–H and O–H groups in total. The van der Waals surface area contributed by atoms with Crippen molar-refractivity contribution in [2.45, 2.75) is 13.8 Å². The summed E-state index contributed by atoms with van der Waals surface area (Å²) in [7, 11) is 0. The predicted molar refractivity (Wildman–Crippen MR) is 94.6 cm³/mol. The van der Waals surface area contributed by atoms with E-state index in [9.17, 15) is 0 Å². The van der Waals surface area contributed by atoms with Crippen LogP contribution in [0, 0.1) is 13.8 Å². The highest BCUT2D eigenvalue weighted by Gasteiger charge is 2.17. The topological polar surface area (TPSA) is 47.1 Å². The SMILES string of the molecule is Cc1cnc2[nH]c3c(C)ccc(-c4ccc5c(c4)OCO5)c3c2c1. The van der Waals surface area contributed by atoms with Crippen LogP contribution in [-0.4, -0.2) is 16.8 Å². The van der Waals surface area contributed by atoms with Gasteiger partial charge in [-0.05, 0) is 54.3 Å². The number of aromatic nitrogens is 2. The Kier molecular flexibility index (Phi) is 2.65. The number of hydrogen-bond donors (Lipinski definition) is 1. The van der Waals surface area contributed by atoms with Crippen LogP contribution in [-0.2, 0) is 0 Å². The molecule has 0 saturated carbocycles. The van der Waals surface area contributed by atoms with Crippen molar-refractivity contribution in [3.63, 3.8) is 0 Å². The van der Waals surface area contributed by atoms with Crippen molar-refractivity contribution in [3.8, 4) is 22.6 Å². The van der Waals surface area contributed by atoms with E-state index in [4.69, 9.17) is 9.47 Å². The van der Waals surface area contributed by atoms with Gasteiger partial charge in [0.2, 0.25) is 6.79 Å². The van der Waals surface area contributed by atoms with E-state index in [-0.39, 0.29) is 6.79 Å². The number of nitrogens with zero attached hydrogens (tertiary/aromatic N) is 1. The van der Waals surface area contributed by atoms with E-state index < -0.39 is 0 Å². The molecule has 0 aliphatic carbocycles. The summed E-state index contributed by atoms with van der Waals surface area (Å²) >= 11 is 0. The van der Waals surface area contributed by atoms with E-state index in [0.717, 1.165) is 39.2 Å². The van der Waals surface area contributed by atoms with Gasteiger partial charge in [0.15, 0.2) is 11.5 Å². The van der Waals surface area contributed by atoms with Gasteiger partial charge in [0.25, 0.3) is 0 Å². The number of aromatic amines is 1. The predicted octanol–water partition coefficient (Wildman–Crippen LogP) is 4.73. The molecule has 4 nitrogen and oxygen atoms in total. The van der Waals surface area contributed by atoms with E-state index in [0.29, 0.717) is 0 Å². The molecule has 1 aliphatic rings. The molecule has 5 rings (SSSR count). The van der Waals surface area contributed by atoms with Crippen LogP contribution in [0.4, 0.5) is 0 Å². The summed E-state index contributed by atoms with van der Waals surface area (Å²) in [5.74, 6) is 1.61. The molecule has 0 fully saturated rings. The summed E-state index contributed by atoms with van der Waals surface area (Å²) in [5, 5.41) is 2.36. The average Bonchev–Trinajstić information content (AvgIpc) is 3.19. The number of ether oxygens (including phenoxy) is 2. The molecule has 0 atom stereocenters. The fraction of sp³-hybridized carbons (Fsp3) is 0.150. The third-order valence-electron chi connectivity index (χ3n) is 4.63. The van der Waals surface area contributed by atoms with E-state index in [1.54, 1.807) is 0 Å². The summed E-state index contributed by atoms with van der Waals surface area (Å²) in [5.41, 5.74) is 6.72. The van der Waals surface area contributed by atoms with Crippen LogP contribution < -0.4 is 9.47 Å². The van der Waals surface area contributed by atoms with Gasteiger partial charge in [-0.15, -0.1) is 0 Å². The van der Waals surface area contributed by atoms with Gasteiger partial charge in [0.05, 0.1) is 5.52 Å². The van der Waals surface area contributed by atoms with Gasteiger partial charge in [-0.25, -0.2) is 4.98 Å². The second-order valence-corrected chi connectivity index (χ2v) is 6.28. The third kappa shape index (κ3) is 1.83. The van der Waals surface area contributed by atoms with E-state index in [1.807, 2.05) is 12.3 Å². The Morgan fingerprint density at radius 1 is 1.00 bits per heavy atom. The van der Waals surface area contributed by atoms with Crippen molar-refractivity contribution in [1.29, 1.82) is 0 Å². The maximum absolute atomic E-state index is 5.54. The first kappa shape index (κ1) is 13.4. The molecule has 1 aliphatic heterocycles. The number of nitrogens with one attached hydrogen (secondary N) is 1. The lowest BCUT2D eigenvalue weighted by Gasteiger charge is -2.08. The van der Waals surface area contributed by atoms with Crippen molar-refractivity contribution in [3.05, 3.63) is 53.7 Å². The summed E-state index contributed by atoms with van der Waals surface area (Å²) < 4.78 is 11.0. The van der Waals surface area contributed by atoms with Crippen LogP contribution in [0.25, 0.3) is 33.1 Å². The second kappa shape index (κ2) is 4.74. The first-order chi connectivity index (χ1) is 11.7. The number of pyridine rings is 1.